The number of aliphatic hydroxyl groups is 2. The van der Waals surface area contributed by atoms with E-state index < -0.39 is 30.3 Å². The minimum absolute atomic E-state index is 0.205. The second-order valence-corrected chi connectivity index (χ2v) is 4.86. The van der Waals surface area contributed by atoms with Crippen LogP contribution in [-0.4, -0.2) is 51.3 Å². The van der Waals surface area contributed by atoms with Gasteiger partial charge < -0.3 is 31.3 Å². The molecule has 0 aromatic rings. The van der Waals surface area contributed by atoms with Gasteiger partial charge in [-0.1, -0.05) is 6.58 Å². The van der Waals surface area contributed by atoms with E-state index >= 15 is 0 Å². The summed E-state index contributed by atoms with van der Waals surface area (Å²) in [5.41, 5.74) is 9.96. The number of ether oxygens (including phenoxy) is 1. The lowest BCUT2D eigenvalue weighted by Crippen LogP contribution is -2.59. The van der Waals surface area contributed by atoms with Crippen molar-refractivity contribution in [3.05, 3.63) is 24.7 Å². The van der Waals surface area contributed by atoms with Gasteiger partial charge in [0.25, 0.3) is 5.85 Å². The van der Waals surface area contributed by atoms with Crippen LogP contribution in [0.15, 0.2) is 29.7 Å². The lowest BCUT2D eigenvalue weighted by atomic mass is 9.92. The van der Waals surface area contributed by atoms with Crippen LogP contribution in [0.4, 0.5) is 4.39 Å². The first-order valence-corrected chi connectivity index (χ1v) is 5.66. The maximum absolute atomic E-state index is 14.2. The molecule has 6 N–H and O–H groups in total. The van der Waals surface area contributed by atoms with Crippen molar-refractivity contribution in [2.75, 3.05) is 6.61 Å². The van der Waals surface area contributed by atoms with E-state index in [1.54, 1.807) is 0 Å². The molecule has 0 spiro atoms. The average Bonchev–Trinajstić information content (AvgIpc) is 2.51. The highest BCUT2D eigenvalue weighted by Gasteiger charge is 2.62. The van der Waals surface area contributed by atoms with Crippen molar-refractivity contribution in [3.63, 3.8) is 0 Å². The number of nitrogens with two attached hydrogens (primary N) is 2. The lowest BCUT2D eigenvalue weighted by molar-refractivity contribution is -0.209. The summed E-state index contributed by atoms with van der Waals surface area (Å²) >= 11 is 0. The second kappa shape index (κ2) is 4.27. The minimum atomic E-state index is -2.63. The normalized spacial score (nSPS) is 42.7. The monoisotopic (exact) mass is 272 g/mol. The molecule has 2 rings (SSSR count). The fraction of sp³-hybridized carbons (Fsp3) is 0.545. The van der Waals surface area contributed by atoms with Crippen LogP contribution >= 0.6 is 0 Å². The van der Waals surface area contributed by atoms with E-state index in [0.717, 1.165) is 0 Å². The standard InChI is InChI=1S/C11H17FN4O3/c1-6-15-7(13)3-4-16(6)9-10(2,14)8(18)11(12,5-17)19-9/h3-4,8-9,17-18H,1,5,14H2,2H3,(H2,13,15)/t8-,9+,10+,11+/m0/s1. The van der Waals surface area contributed by atoms with E-state index in [4.69, 9.17) is 21.3 Å². The quantitative estimate of drug-likeness (QED) is 0.498. The summed E-state index contributed by atoms with van der Waals surface area (Å²) in [5.74, 6) is -2.18. The minimum Gasteiger partial charge on any atom is -0.390 e. The van der Waals surface area contributed by atoms with E-state index in [2.05, 4.69) is 11.6 Å². The topological polar surface area (TPSA) is 117 Å². The number of hydrogen-bond acceptors (Lipinski definition) is 7. The average molecular weight is 272 g/mol. The first kappa shape index (κ1) is 13.9. The van der Waals surface area contributed by atoms with Crippen molar-refractivity contribution < 1.29 is 19.3 Å². The molecule has 2 aliphatic heterocycles. The molecule has 0 aliphatic carbocycles. The first-order valence-electron chi connectivity index (χ1n) is 5.66. The number of hydrogen-bond donors (Lipinski definition) is 4. The molecule has 2 aliphatic rings. The fourth-order valence-corrected chi connectivity index (χ4v) is 2.16. The van der Waals surface area contributed by atoms with E-state index in [1.165, 1.54) is 24.1 Å². The molecule has 4 atom stereocenters. The van der Waals surface area contributed by atoms with Crippen LogP contribution in [0.25, 0.3) is 0 Å². The van der Waals surface area contributed by atoms with E-state index in [9.17, 15) is 9.50 Å². The number of amidine groups is 1. The highest BCUT2D eigenvalue weighted by molar-refractivity contribution is 5.92. The van der Waals surface area contributed by atoms with Crippen molar-refractivity contribution in [2.24, 2.45) is 16.5 Å². The second-order valence-electron chi connectivity index (χ2n) is 4.86. The Morgan fingerprint density at radius 2 is 2.32 bits per heavy atom. The molecule has 8 heteroatoms. The van der Waals surface area contributed by atoms with Gasteiger partial charge in [0.05, 0.1) is 5.54 Å². The van der Waals surface area contributed by atoms with Gasteiger partial charge in [0.1, 0.15) is 24.4 Å². The predicted molar refractivity (Wildman–Crippen MR) is 66.1 cm³/mol. The molecule has 1 saturated heterocycles. The van der Waals surface area contributed by atoms with Crippen LogP contribution < -0.4 is 11.5 Å². The fourth-order valence-electron chi connectivity index (χ4n) is 2.16. The number of halogens is 1. The highest BCUT2D eigenvalue weighted by atomic mass is 19.2. The van der Waals surface area contributed by atoms with Gasteiger partial charge in [-0.25, -0.2) is 9.38 Å². The van der Waals surface area contributed by atoms with Crippen molar-refractivity contribution in [1.29, 1.82) is 0 Å². The molecular formula is C11H17FN4O3. The molecule has 19 heavy (non-hydrogen) atoms. The Morgan fingerprint density at radius 1 is 1.68 bits per heavy atom. The Morgan fingerprint density at radius 3 is 2.79 bits per heavy atom. The van der Waals surface area contributed by atoms with Crippen molar-refractivity contribution >= 4 is 5.84 Å². The molecule has 2 heterocycles. The summed E-state index contributed by atoms with van der Waals surface area (Å²) < 4.78 is 19.3. The Balaban J connectivity index is 2.32. The first-order chi connectivity index (χ1) is 8.72. The molecule has 0 saturated carbocycles. The lowest BCUT2D eigenvalue weighted by Gasteiger charge is -2.36. The smallest absolute Gasteiger partial charge is 0.262 e. The van der Waals surface area contributed by atoms with E-state index in [-0.39, 0.29) is 11.7 Å². The summed E-state index contributed by atoms with van der Waals surface area (Å²) in [6.45, 7) is 4.07. The van der Waals surface area contributed by atoms with Crippen molar-refractivity contribution in [1.82, 2.24) is 4.90 Å². The third-order valence-electron chi connectivity index (χ3n) is 3.27. The van der Waals surface area contributed by atoms with E-state index in [1.807, 2.05) is 0 Å². The van der Waals surface area contributed by atoms with Crippen LogP contribution in [-0.2, 0) is 4.74 Å². The molecular weight excluding hydrogens is 255 g/mol. The zero-order valence-electron chi connectivity index (χ0n) is 10.5. The number of aliphatic hydroxyl groups excluding tert-OH is 2. The Kier molecular flexibility index (Phi) is 3.13. The molecule has 0 radical (unpaired) electrons. The van der Waals surface area contributed by atoms with E-state index in [0.29, 0.717) is 0 Å². The summed E-state index contributed by atoms with van der Waals surface area (Å²) in [7, 11) is 0. The number of rotatable bonds is 2. The third-order valence-corrected chi connectivity index (χ3v) is 3.27. The van der Waals surface area contributed by atoms with Gasteiger partial charge >= 0.3 is 0 Å². The maximum Gasteiger partial charge on any atom is 0.262 e. The highest BCUT2D eigenvalue weighted by Crippen LogP contribution is 2.40. The zero-order chi connectivity index (χ0) is 14.4. The van der Waals surface area contributed by atoms with Gasteiger partial charge in [0, 0.05) is 6.20 Å². The summed E-state index contributed by atoms with van der Waals surface area (Å²) in [6, 6.07) is 0. The zero-order valence-corrected chi connectivity index (χ0v) is 10.5. The number of aliphatic imine (C=N–C) groups is 1. The van der Waals surface area contributed by atoms with Crippen LogP contribution in [0, 0.1) is 0 Å². The number of alkyl halides is 1. The van der Waals surface area contributed by atoms with Crippen molar-refractivity contribution in [2.45, 2.75) is 30.6 Å². The largest absolute Gasteiger partial charge is 0.390 e. The predicted octanol–water partition coefficient (Wildman–Crippen LogP) is -1.26. The Hall–Kier alpha value is -1.48. The molecule has 7 nitrogen and oxygen atoms in total. The molecule has 0 aromatic carbocycles. The summed E-state index contributed by atoms with van der Waals surface area (Å²) in [5, 5.41) is 18.9. The molecule has 1 fully saturated rings. The molecule has 0 aromatic heterocycles. The number of nitrogens with zero attached hydrogens (tertiary/aromatic N) is 2. The van der Waals surface area contributed by atoms with Gasteiger partial charge in [-0.3, -0.25) is 0 Å². The summed E-state index contributed by atoms with van der Waals surface area (Å²) in [4.78, 5) is 5.27. The maximum atomic E-state index is 14.2. The van der Waals surface area contributed by atoms with Gasteiger partial charge in [0.2, 0.25) is 0 Å². The molecule has 106 valence electrons. The van der Waals surface area contributed by atoms with Gasteiger partial charge in [-0.05, 0) is 13.0 Å². The van der Waals surface area contributed by atoms with Crippen molar-refractivity contribution in [3.8, 4) is 0 Å². The van der Waals surface area contributed by atoms with Crippen LogP contribution in [0.2, 0.25) is 0 Å². The third kappa shape index (κ3) is 2.02. The van der Waals surface area contributed by atoms with Gasteiger partial charge in [-0.15, -0.1) is 0 Å². The summed E-state index contributed by atoms with van der Waals surface area (Å²) in [6.07, 6.45) is 0.188. The van der Waals surface area contributed by atoms with Crippen LogP contribution in [0.5, 0.6) is 0 Å². The van der Waals surface area contributed by atoms with Gasteiger partial charge in [0.15, 0.2) is 6.23 Å². The molecule has 0 amide bonds. The van der Waals surface area contributed by atoms with Crippen LogP contribution in [0.1, 0.15) is 6.92 Å². The Bertz CT molecular complexity index is 465. The Labute approximate surface area is 109 Å². The molecule has 0 unspecified atom stereocenters. The SMILES string of the molecule is C=C1N=C(N)C=CN1[C@@H]1O[C@](F)(CO)[C@@H](O)[C@@]1(C)N. The van der Waals surface area contributed by atoms with Crippen LogP contribution in [0.3, 0.4) is 0 Å². The van der Waals surface area contributed by atoms with Gasteiger partial charge in [-0.2, -0.15) is 0 Å². The molecule has 0 bridgehead atoms.